The number of nitrogens with zero attached hydrogens (tertiary/aromatic N) is 1. The van der Waals surface area contributed by atoms with Crippen LogP contribution in [0, 0.1) is 24.4 Å². The number of anilines is 1. The van der Waals surface area contributed by atoms with Crippen molar-refractivity contribution in [2.24, 2.45) is 0 Å². The molecule has 1 aromatic carbocycles. The van der Waals surface area contributed by atoms with Crippen molar-refractivity contribution in [2.75, 3.05) is 5.32 Å². The van der Waals surface area contributed by atoms with Crippen LogP contribution >= 0.6 is 11.6 Å². The molecule has 0 unspecified atom stereocenters. The minimum Gasteiger partial charge on any atom is -0.378 e. The van der Waals surface area contributed by atoms with Crippen molar-refractivity contribution in [3.05, 3.63) is 58.1 Å². The molecule has 0 saturated heterocycles. The zero-order chi connectivity index (χ0) is 14.0. The van der Waals surface area contributed by atoms with Gasteiger partial charge >= 0.3 is 0 Å². The van der Waals surface area contributed by atoms with Gasteiger partial charge in [0.15, 0.2) is 22.6 Å². The van der Waals surface area contributed by atoms with Crippen LogP contribution in [0.1, 0.15) is 11.1 Å². The molecule has 2 aromatic rings. The fraction of sp³-hybridized carbons (Fsp3) is 0.154. The molecule has 0 atom stereocenters. The highest BCUT2D eigenvalue weighted by molar-refractivity contribution is 6.31. The van der Waals surface area contributed by atoms with Gasteiger partial charge in [-0.15, -0.1) is 0 Å². The van der Waals surface area contributed by atoms with Gasteiger partial charge in [0.25, 0.3) is 0 Å². The van der Waals surface area contributed by atoms with Crippen molar-refractivity contribution in [3.8, 4) is 0 Å². The van der Waals surface area contributed by atoms with Gasteiger partial charge in [0.05, 0.1) is 5.69 Å². The number of hydrogen-bond donors (Lipinski definition) is 1. The Morgan fingerprint density at radius 2 is 1.79 bits per heavy atom. The predicted molar refractivity (Wildman–Crippen MR) is 67.6 cm³/mol. The third kappa shape index (κ3) is 3.17. The molecular formula is C13H10ClF3N2. The van der Waals surface area contributed by atoms with Gasteiger partial charge in [0.1, 0.15) is 0 Å². The van der Waals surface area contributed by atoms with E-state index in [1.165, 1.54) is 0 Å². The van der Waals surface area contributed by atoms with Crippen molar-refractivity contribution in [3.63, 3.8) is 0 Å². The van der Waals surface area contributed by atoms with Crippen LogP contribution < -0.4 is 5.32 Å². The van der Waals surface area contributed by atoms with Gasteiger partial charge in [-0.3, -0.25) is 0 Å². The van der Waals surface area contributed by atoms with Gasteiger partial charge in [0.2, 0.25) is 0 Å². The largest absolute Gasteiger partial charge is 0.378 e. The van der Waals surface area contributed by atoms with Crippen molar-refractivity contribution in [1.29, 1.82) is 0 Å². The van der Waals surface area contributed by atoms with Crippen LogP contribution in [0.15, 0.2) is 24.4 Å². The molecular weight excluding hydrogens is 277 g/mol. The second-order valence-corrected chi connectivity index (χ2v) is 4.44. The van der Waals surface area contributed by atoms with Crippen LogP contribution in [0.3, 0.4) is 0 Å². The minimum absolute atomic E-state index is 0.110. The van der Waals surface area contributed by atoms with E-state index in [9.17, 15) is 13.2 Å². The van der Waals surface area contributed by atoms with Crippen molar-refractivity contribution >= 4 is 17.3 Å². The number of halogens is 4. The average molecular weight is 287 g/mol. The number of hydrogen-bond acceptors (Lipinski definition) is 2. The van der Waals surface area contributed by atoms with Gasteiger partial charge in [-0.1, -0.05) is 11.6 Å². The number of aryl methyl sites for hydroxylation is 1. The Bertz CT molecular complexity index is 594. The van der Waals surface area contributed by atoms with E-state index >= 15 is 0 Å². The second kappa shape index (κ2) is 5.48. The standard InChI is InChI=1S/C13H10ClF3N2/c1-7-2-11(13(14)19-5-7)18-6-8-3-9(15)12(17)10(16)4-8/h2-5,18H,6H2,1H3. The smallest absolute Gasteiger partial charge is 0.194 e. The van der Waals surface area contributed by atoms with Crippen molar-refractivity contribution in [1.82, 2.24) is 4.98 Å². The summed E-state index contributed by atoms with van der Waals surface area (Å²) in [5.41, 5.74) is 1.71. The number of rotatable bonds is 3. The molecule has 0 fully saturated rings. The first-order chi connectivity index (χ1) is 8.97. The third-order valence-corrected chi connectivity index (χ3v) is 2.80. The molecule has 6 heteroatoms. The monoisotopic (exact) mass is 286 g/mol. The number of pyridine rings is 1. The van der Waals surface area contributed by atoms with Crippen LogP contribution in [-0.2, 0) is 6.54 Å². The quantitative estimate of drug-likeness (QED) is 0.679. The summed E-state index contributed by atoms with van der Waals surface area (Å²) in [5, 5.41) is 3.15. The summed E-state index contributed by atoms with van der Waals surface area (Å²) in [4.78, 5) is 3.93. The van der Waals surface area contributed by atoms with E-state index in [1.54, 1.807) is 12.3 Å². The molecule has 0 amide bonds. The van der Waals surface area contributed by atoms with Gasteiger partial charge in [-0.05, 0) is 36.2 Å². The van der Waals surface area contributed by atoms with E-state index in [0.717, 1.165) is 17.7 Å². The Hall–Kier alpha value is -1.75. The summed E-state index contributed by atoms with van der Waals surface area (Å²) in [6.45, 7) is 1.95. The van der Waals surface area contributed by atoms with Crippen LogP contribution in [0.4, 0.5) is 18.9 Å². The molecule has 0 bridgehead atoms. The highest BCUT2D eigenvalue weighted by atomic mass is 35.5. The molecule has 1 heterocycles. The van der Waals surface area contributed by atoms with Crippen LogP contribution in [-0.4, -0.2) is 4.98 Å². The second-order valence-electron chi connectivity index (χ2n) is 4.08. The Kier molecular flexibility index (Phi) is 3.95. The zero-order valence-electron chi connectivity index (χ0n) is 9.98. The fourth-order valence-electron chi connectivity index (χ4n) is 1.58. The van der Waals surface area contributed by atoms with Crippen molar-refractivity contribution < 1.29 is 13.2 Å². The lowest BCUT2D eigenvalue weighted by Crippen LogP contribution is -2.03. The highest BCUT2D eigenvalue weighted by Gasteiger charge is 2.10. The Morgan fingerprint density at radius 3 is 2.42 bits per heavy atom. The maximum absolute atomic E-state index is 13.0. The van der Waals surface area contributed by atoms with E-state index in [4.69, 9.17) is 11.6 Å². The minimum atomic E-state index is -1.47. The highest BCUT2D eigenvalue weighted by Crippen LogP contribution is 2.21. The van der Waals surface area contributed by atoms with Crippen molar-refractivity contribution in [2.45, 2.75) is 13.5 Å². The lowest BCUT2D eigenvalue weighted by Gasteiger charge is -2.09. The molecule has 0 radical (unpaired) electrons. The number of benzene rings is 1. The fourth-order valence-corrected chi connectivity index (χ4v) is 1.75. The van der Waals surface area contributed by atoms with Crippen LogP contribution in [0.25, 0.3) is 0 Å². The van der Waals surface area contributed by atoms with Crippen LogP contribution in [0.2, 0.25) is 5.15 Å². The molecule has 0 aliphatic rings. The Balaban J connectivity index is 2.17. The summed E-state index contributed by atoms with van der Waals surface area (Å²) in [7, 11) is 0. The van der Waals surface area contributed by atoms with E-state index in [2.05, 4.69) is 10.3 Å². The van der Waals surface area contributed by atoms with Gasteiger partial charge < -0.3 is 5.32 Å². The first-order valence-corrected chi connectivity index (χ1v) is 5.84. The summed E-state index contributed by atoms with van der Waals surface area (Å²) >= 11 is 5.87. The van der Waals surface area contributed by atoms with Gasteiger partial charge in [-0.25, -0.2) is 18.2 Å². The van der Waals surface area contributed by atoms with E-state index in [-0.39, 0.29) is 17.3 Å². The lowest BCUT2D eigenvalue weighted by atomic mass is 10.2. The molecule has 0 aliphatic carbocycles. The van der Waals surface area contributed by atoms with Gasteiger partial charge in [0, 0.05) is 12.7 Å². The molecule has 19 heavy (non-hydrogen) atoms. The lowest BCUT2D eigenvalue weighted by molar-refractivity contribution is 0.445. The molecule has 2 rings (SSSR count). The number of aromatic nitrogens is 1. The maximum Gasteiger partial charge on any atom is 0.194 e. The molecule has 0 spiro atoms. The molecule has 0 saturated carbocycles. The zero-order valence-corrected chi connectivity index (χ0v) is 10.7. The molecule has 100 valence electrons. The van der Waals surface area contributed by atoms with E-state index < -0.39 is 17.5 Å². The van der Waals surface area contributed by atoms with E-state index in [1.807, 2.05) is 6.92 Å². The van der Waals surface area contributed by atoms with Gasteiger partial charge in [-0.2, -0.15) is 0 Å². The first-order valence-electron chi connectivity index (χ1n) is 5.47. The molecule has 1 aromatic heterocycles. The molecule has 2 nitrogen and oxygen atoms in total. The maximum atomic E-state index is 13.0. The average Bonchev–Trinajstić information content (AvgIpc) is 2.37. The van der Waals surface area contributed by atoms with Crippen LogP contribution in [0.5, 0.6) is 0 Å². The summed E-state index contributed by atoms with van der Waals surface area (Å²) < 4.78 is 38.8. The number of nitrogens with one attached hydrogen (secondary N) is 1. The SMILES string of the molecule is Cc1cnc(Cl)c(NCc2cc(F)c(F)c(F)c2)c1. The third-order valence-electron chi connectivity index (χ3n) is 2.50. The first kappa shape index (κ1) is 13.7. The topological polar surface area (TPSA) is 24.9 Å². The Labute approximate surface area is 113 Å². The Morgan fingerprint density at radius 1 is 1.16 bits per heavy atom. The summed E-state index contributed by atoms with van der Waals surface area (Å²) in [6, 6.07) is 3.62. The van der Waals surface area contributed by atoms with E-state index in [0.29, 0.717) is 5.69 Å². The normalized spacial score (nSPS) is 10.6. The molecule has 1 N–H and O–H groups in total. The summed E-state index contributed by atoms with van der Waals surface area (Å²) in [6.07, 6.45) is 1.60. The predicted octanol–water partition coefficient (Wildman–Crippen LogP) is 4.07. The summed E-state index contributed by atoms with van der Waals surface area (Å²) in [5.74, 6) is -3.91. The molecule has 0 aliphatic heterocycles.